The van der Waals surface area contributed by atoms with Crippen molar-refractivity contribution >= 4 is 18.5 Å². The van der Waals surface area contributed by atoms with Crippen LogP contribution in [0.1, 0.15) is 0 Å². The molecule has 0 aromatic heterocycles. The molecule has 0 atom stereocenters. The third-order valence-corrected chi connectivity index (χ3v) is 3.13. The summed E-state index contributed by atoms with van der Waals surface area (Å²) in [6.07, 6.45) is 0. The van der Waals surface area contributed by atoms with Crippen molar-refractivity contribution < 1.29 is 9.68 Å². The molecule has 2 nitrogen and oxygen atoms in total. The molecule has 3 aromatic rings. The van der Waals surface area contributed by atoms with Crippen LogP contribution in [0.25, 0.3) is 21.9 Å². The summed E-state index contributed by atoms with van der Waals surface area (Å²) in [5.41, 5.74) is 2.29. The number of benzene rings is 3. The SMILES string of the molecule is O[B]Oc1ccc(-c2ccc3ccccc3c2)cc1. The van der Waals surface area contributed by atoms with Crippen LogP contribution in [-0.4, -0.2) is 12.7 Å². The Balaban J connectivity index is 1.99. The monoisotopic (exact) mass is 247 g/mol. The van der Waals surface area contributed by atoms with Crippen LogP contribution in [0.5, 0.6) is 5.75 Å². The molecule has 3 rings (SSSR count). The first-order valence-corrected chi connectivity index (χ1v) is 6.08. The van der Waals surface area contributed by atoms with E-state index in [1.165, 1.54) is 16.3 Å². The summed E-state index contributed by atoms with van der Waals surface area (Å²) in [4.78, 5) is 0. The van der Waals surface area contributed by atoms with Gasteiger partial charge in [-0.15, -0.1) is 0 Å². The van der Waals surface area contributed by atoms with E-state index in [0.717, 1.165) is 5.56 Å². The molecule has 0 saturated carbocycles. The van der Waals surface area contributed by atoms with Gasteiger partial charge < -0.3 is 9.68 Å². The highest BCUT2D eigenvalue weighted by Gasteiger charge is 2.00. The Morgan fingerprint density at radius 1 is 0.737 bits per heavy atom. The zero-order chi connectivity index (χ0) is 13.1. The van der Waals surface area contributed by atoms with E-state index in [-0.39, 0.29) is 0 Å². The smallest absolute Gasteiger partial charge is 0.537 e. The van der Waals surface area contributed by atoms with Crippen molar-refractivity contribution in [2.45, 2.75) is 0 Å². The average Bonchev–Trinajstić information content (AvgIpc) is 2.48. The maximum absolute atomic E-state index is 8.58. The fourth-order valence-corrected chi connectivity index (χ4v) is 2.16. The Labute approximate surface area is 112 Å². The van der Waals surface area contributed by atoms with Gasteiger partial charge in [0.1, 0.15) is 5.75 Å². The zero-order valence-electron chi connectivity index (χ0n) is 10.3. The maximum atomic E-state index is 8.58. The van der Waals surface area contributed by atoms with Crippen LogP contribution in [0, 0.1) is 0 Å². The van der Waals surface area contributed by atoms with Gasteiger partial charge in [0.25, 0.3) is 0 Å². The maximum Gasteiger partial charge on any atom is 0.569 e. The fourth-order valence-electron chi connectivity index (χ4n) is 2.16. The second-order valence-electron chi connectivity index (χ2n) is 4.31. The molecule has 0 fully saturated rings. The number of rotatable bonds is 3. The highest BCUT2D eigenvalue weighted by Crippen LogP contribution is 2.25. The van der Waals surface area contributed by atoms with E-state index in [1.807, 2.05) is 36.4 Å². The van der Waals surface area contributed by atoms with Crippen LogP contribution >= 0.6 is 0 Å². The van der Waals surface area contributed by atoms with Gasteiger partial charge in [-0.3, -0.25) is 0 Å². The molecule has 1 radical (unpaired) electrons. The fraction of sp³-hybridized carbons (Fsp3) is 0. The Kier molecular flexibility index (Phi) is 3.21. The summed E-state index contributed by atoms with van der Waals surface area (Å²) >= 11 is 0. The van der Waals surface area contributed by atoms with Gasteiger partial charge in [0.05, 0.1) is 0 Å². The predicted octanol–water partition coefficient (Wildman–Crippen LogP) is 3.41. The van der Waals surface area contributed by atoms with Crippen LogP contribution in [0.4, 0.5) is 0 Å². The van der Waals surface area contributed by atoms with Crippen molar-refractivity contribution in [3.8, 4) is 16.9 Å². The normalized spacial score (nSPS) is 10.4. The first-order chi connectivity index (χ1) is 9.36. The minimum atomic E-state index is 0.618. The van der Waals surface area contributed by atoms with Crippen molar-refractivity contribution in [3.63, 3.8) is 0 Å². The van der Waals surface area contributed by atoms with E-state index in [4.69, 9.17) is 9.68 Å². The molecule has 0 aliphatic heterocycles. The van der Waals surface area contributed by atoms with Gasteiger partial charge in [0.15, 0.2) is 0 Å². The molecular weight excluding hydrogens is 235 g/mol. The zero-order valence-corrected chi connectivity index (χ0v) is 10.3. The topological polar surface area (TPSA) is 29.5 Å². The molecule has 19 heavy (non-hydrogen) atoms. The van der Waals surface area contributed by atoms with Gasteiger partial charge >= 0.3 is 7.69 Å². The Bertz CT molecular complexity index is 692. The molecule has 0 saturated heterocycles. The number of hydrogen-bond donors (Lipinski definition) is 1. The van der Waals surface area contributed by atoms with Crippen LogP contribution < -0.4 is 4.65 Å². The summed E-state index contributed by atoms with van der Waals surface area (Å²) in [7, 11) is 0.686. The lowest BCUT2D eigenvalue weighted by molar-refractivity contribution is 0.454. The molecule has 1 N–H and O–H groups in total. The van der Waals surface area contributed by atoms with Crippen molar-refractivity contribution in [1.82, 2.24) is 0 Å². The summed E-state index contributed by atoms with van der Waals surface area (Å²) in [5.74, 6) is 0.618. The van der Waals surface area contributed by atoms with E-state index < -0.39 is 0 Å². The lowest BCUT2D eigenvalue weighted by Gasteiger charge is -2.06. The molecule has 0 unspecified atom stereocenters. The second kappa shape index (κ2) is 5.16. The van der Waals surface area contributed by atoms with Gasteiger partial charge in [0.2, 0.25) is 0 Å². The molecule has 91 valence electrons. The molecule has 0 aliphatic carbocycles. The van der Waals surface area contributed by atoms with E-state index in [0.29, 0.717) is 13.4 Å². The van der Waals surface area contributed by atoms with Gasteiger partial charge in [-0.05, 0) is 40.1 Å². The minimum Gasteiger partial charge on any atom is -0.537 e. The quantitative estimate of drug-likeness (QED) is 0.718. The molecule has 0 spiro atoms. The van der Waals surface area contributed by atoms with E-state index in [9.17, 15) is 0 Å². The van der Waals surface area contributed by atoms with Crippen LogP contribution in [0.15, 0.2) is 66.7 Å². The van der Waals surface area contributed by atoms with Crippen LogP contribution in [0.3, 0.4) is 0 Å². The van der Waals surface area contributed by atoms with E-state index in [1.54, 1.807) is 0 Å². The lowest BCUT2D eigenvalue weighted by atomic mass is 10.0. The average molecular weight is 247 g/mol. The molecular formula is C16H12BO2. The largest absolute Gasteiger partial charge is 0.569 e. The van der Waals surface area contributed by atoms with Gasteiger partial charge in [-0.1, -0.05) is 48.5 Å². The molecule has 0 amide bonds. The van der Waals surface area contributed by atoms with E-state index >= 15 is 0 Å². The molecule has 3 heteroatoms. The lowest BCUT2D eigenvalue weighted by Crippen LogP contribution is -1.99. The molecule has 0 heterocycles. The third kappa shape index (κ3) is 2.46. The summed E-state index contributed by atoms with van der Waals surface area (Å²) in [6, 6.07) is 22.3. The second-order valence-corrected chi connectivity index (χ2v) is 4.31. The van der Waals surface area contributed by atoms with Crippen molar-refractivity contribution in [1.29, 1.82) is 0 Å². The molecule has 3 aromatic carbocycles. The third-order valence-electron chi connectivity index (χ3n) is 3.13. The number of hydrogen-bond acceptors (Lipinski definition) is 2. The summed E-state index contributed by atoms with van der Waals surface area (Å²) in [5, 5.41) is 11.0. The summed E-state index contributed by atoms with van der Waals surface area (Å²) < 4.78 is 4.90. The Hall–Kier alpha value is -2.26. The van der Waals surface area contributed by atoms with Crippen molar-refractivity contribution in [2.24, 2.45) is 0 Å². The van der Waals surface area contributed by atoms with Gasteiger partial charge in [-0.2, -0.15) is 0 Å². The highest BCUT2D eigenvalue weighted by molar-refractivity contribution is 6.17. The molecule has 0 bridgehead atoms. The van der Waals surface area contributed by atoms with Gasteiger partial charge in [-0.25, -0.2) is 0 Å². The van der Waals surface area contributed by atoms with Gasteiger partial charge in [0, 0.05) is 0 Å². The first-order valence-electron chi connectivity index (χ1n) is 6.08. The minimum absolute atomic E-state index is 0.618. The predicted molar refractivity (Wildman–Crippen MR) is 78.0 cm³/mol. The van der Waals surface area contributed by atoms with Crippen molar-refractivity contribution in [3.05, 3.63) is 66.7 Å². The van der Waals surface area contributed by atoms with Crippen LogP contribution in [-0.2, 0) is 0 Å². The Morgan fingerprint density at radius 3 is 2.16 bits per heavy atom. The summed E-state index contributed by atoms with van der Waals surface area (Å²) in [6.45, 7) is 0. The standard InChI is InChI=1S/C16H12BO2/c18-17-19-16-9-7-13(8-10-16)15-6-5-12-3-1-2-4-14(12)11-15/h1-11,18H. The first kappa shape index (κ1) is 11.8. The number of fused-ring (bicyclic) bond motifs is 1. The Morgan fingerprint density at radius 2 is 1.42 bits per heavy atom. The van der Waals surface area contributed by atoms with Crippen LogP contribution in [0.2, 0.25) is 0 Å². The van der Waals surface area contributed by atoms with E-state index in [2.05, 4.69) is 30.3 Å². The molecule has 0 aliphatic rings. The van der Waals surface area contributed by atoms with Crippen molar-refractivity contribution in [2.75, 3.05) is 0 Å². The highest BCUT2D eigenvalue weighted by atomic mass is 16.5.